The number of nitriles is 1. The normalized spacial score (nSPS) is 8.43. The number of nitrogens with zero attached hydrogens (tertiary/aromatic N) is 2. The van der Waals surface area contributed by atoms with Gasteiger partial charge in [-0.3, -0.25) is 0 Å². The van der Waals surface area contributed by atoms with E-state index < -0.39 is 0 Å². The second-order valence-corrected chi connectivity index (χ2v) is 1.60. The molecule has 0 amide bonds. The van der Waals surface area contributed by atoms with Crippen LogP contribution in [0.3, 0.4) is 0 Å². The molecule has 0 rings (SSSR count). The van der Waals surface area contributed by atoms with Crippen molar-refractivity contribution in [3.05, 3.63) is 0 Å². The summed E-state index contributed by atoms with van der Waals surface area (Å²) in [4.78, 5) is 0. The van der Waals surface area contributed by atoms with Gasteiger partial charge in [0.15, 0.2) is 6.19 Å². The number of hydrogen-bond donors (Lipinski definition) is 1. The smallest absolute Gasteiger partial charge is 0.195 e. The minimum Gasteiger partial charge on any atom is -0.245 e. The summed E-state index contributed by atoms with van der Waals surface area (Å²) in [5, 5.41) is 9.15. The highest BCUT2D eigenvalue weighted by Gasteiger charge is 1.95. The maximum Gasteiger partial charge on any atom is 0.195 e. The fourth-order valence-corrected chi connectivity index (χ4v) is 0.115. The quantitative estimate of drug-likeness (QED) is 0.219. The number of hydrazine groups is 1. The first-order chi connectivity index (χ1) is 3.18. The molecule has 2 N–H and O–H groups in total. The average molecular weight is 99.1 g/mol. The predicted molar refractivity (Wildman–Crippen MR) is 26.8 cm³/mol. The van der Waals surface area contributed by atoms with Gasteiger partial charge in [-0.25, -0.2) is 10.9 Å². The molecule has 0 aromatic heterocycles. The van der Waals surface area contributed by atoms with Crippen LogP contribution in [0.15, 0.2) is 0 Å². The van der Waals surface area contributed by atoms with Crippen LogP contribution in [-0.4, -0.2) is 11.1 Å². The third-order valence-electron chi connectivity index (χ3n) is 0.672. The zero-order valence-corrected chi connectivity index (χ0v) is 4.55. The Balaban J connectivity index is 3.40. The Kier molecular flexibility index (Phi) is 2.17. The molecular weight excluding hydrogens is 90.1 g/mol. The molecule has 0 aromatic rings. The van der Waals surface area contributed by atoms with Crippen LogP contribution in [-0.2, 0) is 0 Å². The summed E-state index contributed by atoms with van der Waals surface area (Å²) >= 11 is 0. The Bertz CT molecular complexity index is 81.4. The number of nitrogens with two attached hydrogens (primary N) is 1. The van der Waals surface area contributed by atoms with Crippen LogP contribution in [0.25, 0.3) is 0 Å². The second kappa shape index (κ2) is 2.43. The molecule has 0 bridgehead atoms. The lowest BCUT2D eigenvalue weighted by molar-refractivity contribution is 0.338. The van der Waals surface area contributed by atoms with Crippen molar-refractivity contribution in [2.75, 3.05) is 0 Å². The maximum atomic E-state index is 8.06. The molecule has 0 saturated heterocycles. The van der Waals surface area contributed by atoms with E-state index in [0.717, 1.165) is 5.01 Å². The second-order valence-electron chi connectivity index (χ2n) is 1.60. The van der Waals surface area contributed by atoms with Gasteiger partial charge in [-0.1, -0.05) is 0 Å². The lowest BCUT2D eigenvalue weighted by atomic mass is 10.4. The highest BCUT2D eigenvalue weighted by atomic mass is 15.4. The fourth-order valence-electron chi connectivity index (χ4n) is 0.115. The number of hydrogen-bond acceptors (Lipinski definition) is 3. The summed E-state index contributed by atoms with van der Waals surface area (Å²) in [6.07, 6.45) is 1.78. The Hall–Kier alpha value is -0.750. The average Bonchev–Trinajstić information content (AvgIpc) is 1.65. The molecule has 0 saturated carbocycles. The van der Waals surface area contributed by atoms with Gasteiger partial charge in [0.25, 0.3) is 0 Å². The van der Waals surface area contributed by atoms with Gasteiger partial charge in [0, 0.05) is 0 Å². The molecule has 7 heavy (non-hydrogen) atoms. The van der Waals surface area contributed by atoms with E-state index in [1.807, 2.05) is 13.8 Å². The van der Waals surface area contributed by atoms with Crippen LogP contribution in [0.5, 0.6) is 0 Å². The third-order valence-corrected chi connectivity index (χ3v) is 0.672. The van der Waals surface area contributed by atoms with E-state index in [2.05, 4.69) is 0 Å². The summed E-state index contributed by atoms with van der Waals surface area (Å²) in [7, 11) is 0. The Labute approximate surface area is 43.3 Å². The first-order valence-corrected chi connectivity index (χ1v) is 2.12. The Morgan fingerprint density at radius 3 is 2.14 bits per heavy atom. The van der Waals surface area contributed by atoms with Gasteiger partial charge in [0.1, 0.15) is 0 Å². The standard InChI is InChI=1S/C4H9N3/c1-4(2)7(6)3-5/h4H,6H2,1-2H3. The predicted octanol–water partition coefficient (Wildman–Crippen LogP) is 0.0516. The van der Waals surface area contributed by atoms with Crippen molar-refractivity contribution in [2.45, 2.75) is 19.9 Å². The van der Waals surface area contributed by atoms with Crippen molar-refractivity contribution in [2.24, 2.45) is 5.84 Å². The molecule has 0 aliphatic carbocycles. The van der Waals surface area contributed by atoms with Crippen molar-refractivity contribution in [1.82, 2.24) is 5.01 Å². The zero-order valence-electron chi connectivity index (χ0n) is 4.55. The molecule has 0 spiro atoms. The van der Waals surface area contributed by atoms with Crippen molar-refractivity contribution in [3.63, 3.8) is 0 Å². The van der Waals surface area contributed by atoms with Crippen LogP contribution in [0.1, 0.15) is 13.8 Å². The van der Waals surface area contributed by atoms with E-state index in [4.69, 9.17) is 11.1 Å². The van der Waals surface area contributed by atoms with E-state index in [1.54, 1.807) is 6.19 Å². The van der Waals surface area contributed by atoms with Crippen molar-refractivity contribution < 1.29 is 0 Å². The van der Waals surface area contributed by atoms with Crippen LogP contribution < -0.4 is 5.84 Å². The molecule has 0 radical (unpaired) electrons. The molecule has 40 valence electrons. The summed E-state index contributed by atoms with van der Waals surface area (Å²) < 4.78 is 0. The van der Waals surface area contributed by atoms with E-state index >= 15 is 0 Å². The van der Waals surface area contributed by atoms with E-state index in [-0.39, 0.29) is 6.04 Å². The lowest BCUT2D eigenvalue weighted by Gasteiger charge is -2.10. The number of rotatable bonds is 1. The molecule has 0 fully saturated rings. The summed E-state index contributed by atoms with van der Waals surface area (Å²) in [6.45, 7) is 3.70. The van der Waals surface area contributed by atoms with E-state index in [9.17, 15) is 0 Å². The SMILES string of the molecule is CC(C)N(N)C#N. The summed E-state index contributed by atoms with van der Waals surface area (Å²) in [6, 6.07) is 0.116. The molecule has 0 unspecified atom stereocenters. The summed E-state index contributed by atoms with van der Waals surface area (Å²) in [5.41, 5.74) is 0. The Morgan fingerprint density at radius 2 is 2.14 bits per heavy atom. The van der Waals surface area contributed by atoms with Crippen molar-refractivity contribution >= 4 is 0 Å². The minimum atomic E-state index is 0.116. The van der Waals surface area contributed by atoms with Gasteiger partial charge in [-0.2, -0.15) is 5.26 Å². The largest absolute Gasteiger partial charge is 0.245 e. The highest BCUT2D eigenvalue weighted by Crippen LogP contribution is 1.83. The van der Waals surface area contributed by atoms with Crippen molar-refractivity contribution in [3.8, 4) is 6.19 Å². The van der Waals surface area contributed by atoms with Gasteiger partial charge in [-0.05, 0) is 13.8 Å². The van der Waals surface area contributed by atoms with Gasteiger partial charge >= 0.3 is 0 Å². The van der Waals surface area contributed by atoms with Crippen molar-refractivity contribution in [1.29, 1.82) is 5.26 Å². The maximum absolute atomic E-state index is 8.06. The molecule has 0 aliphatic heterocycles. The van der Waals surface area contributed by atoms with Gasteiger partial charge in [0.2, 0.25) is 0 Å². The van der Waals surface area contributed by atoms with Gasteiger partial charge in [0.05, 0.1) is 6.04 Å². The topological polar surface area (TPSA) is 53.0 Å². The zero-order chi connectivity index (χ0) is 5.86. The fraction of sp³-hybridized carbons (Fsp3) is 0.750. The lowest BCUT2D eigenvalue weighted by Crippen LogP contribution is -2.32. The van der Waals surface area contributed by atoms with E-state index in [0.29, 0.717) is 0 Å². The van der Waals surface area contributed by atoms with Crippen LogP contribution in [0.4, 0.5) is 0 Å². The Morgan fingerprint density at radius 1 is 1.71 bits per heavy atom. The molecule has 0 aromatic carbocycles. The molecular formula is C4H9N3. The molecule has 0 heterocycles. The van der Waals surface area contributed by atoms with Crippen LogP contribution >= 0.6 is 0 Å². The molecule has 3 heteroatoms. The molecule has 0 atom stereocenters. The monoisotopic (exact) mass is 99.1 g/mol. The van der Waals surface area contributed by atoms with Crippen LogP contribution in [0, 0.1) is 11.5 Å². The van der Waals surface area contributed by atoms with Crippen LogP contribution in [0.2, 0.25) is 0 Å². The first kappa shape index (κ1) is 6.25. The first-order valence-electron chi connectivity index (χ1n) is 2.12. The highest BCUT2D eigenvalue weighted by molar-refractivity contribution is 4.69. The van der Waals surface area contributed by atoms with Gasteiger partial charge < -0.3 is 0 Å². The van der Waals surface area contributed by atoms with Gasteiger partial charge in [-0.15, -0.1) is 0 Å². The summed E-state index contributed by atoms with van der Waals surface area (Å²) in [5.74, 6) is 5.09. The molecule has 3 nitrogen and oxygen atoms in total. The third kappa shape index (κ3) is 2.01. The molecule has 0 aliphatic rings. The minimum absolute atomic E-state index is 0.116. The van der Waals surface area contributed by atoms with E-state index in [1.165, 1.54) is 0 Å².